The lowest BCUT2D eigenvalue weighted by Crippen LogP contribution is -2.66. The van der Waals surface area contributed by atoms with Crippen LogP contribution in [0.4, 0.5) is 0 Å². The summed E-state index contributed by atoms with van der Waals surface area (Å²) in [6, 6.07) is 8.02. The first-order valence-corrected chi connectivity index (χ1v) is 20.7. The summed E-state index contributed by atoms with van der Waals surface area (Å²) in [5.74, 6) is 2.07. The van der Waals surface area contributed by atoms with Crippen LogP contribution in [0.1, 0.15) is 142 Å². The molecule has 0 radical (unpaired) electrons. The molecule has 0 saturated heterocycles. The Morgan fingerprint density at radius 3 is 2.13 bits per heavy atom. The predicted octanol–water partition coefficient (Wildman–Crippen LogP) is 9.81. The van der Waals surface area contributed by atoms with Crippen molar-refractivity contribution in [2.75, 3.05) is 33.9 Å². The molecule has 4 fully saturated rings. The quantitative estimate of drug-likeness (QED) is 0.149. The van der Waals surface area contributed by atoms with E-state index in [1.54, 1.807) is 6.08 Å². The van der Waals surface area contributed by atoms with Gasteiger partial charge in [0.1, 0.15) is 0 Å². The third-order valence-electron chi connectivity index (χ3n) is 15.3. The highest BCUT2D eigenvalue weighted by Gasteiger charge is 2.70. The average Bonchev–Trinajstić information content (AvgIpc) is 3.59. The number of hydrogen-bond acceptors (Lipinski definition) is 6. The second kappa shape index (κ2) is 17.3. The standard InChI is InChI=1S/C41H60N2O5.C3H6.C2H6/c1-37(2)29(27-10-12-28(13-11-27)35(45)48-7)16-20-38(3)32(37)17-21-40(5)33(38)15-14-30-31-9-8-19-41(31,23-22-39(30,40)4)36(46)43-26-25-42-24-18-34(44)47-6;1-3-2;1-2/h10-13,16,30-33,42H,8-9,14-15,17-26H2,1-7H3,(H,43,46);3H,1H2,2H3;1-2H3/t30?,31?,32?,33?,38?,39-,40?,41?;;/m1../s1. The fourth-order valence-corrected chi connectivity index (χ4v) is 12.8. The summed E-state index contributed by atoms with van der Waals surface area (Å²) in [6.07, 6.45) is 16.2. The number of carbonyl (C=O) groups excluding carboxylic acids is 3. The van der Waals surface area contributed by atoms with Crippen LogP contribution >= 0.6 is 0 Å². The number of hydrogen-bond donors (Lipinski definition) is 2. The molecule has 1 amide bonds. The Morgan fingerprint density at radius 1 is 0.811 bits per heavy atom. The molecule has 53 heavy (non-hydrogen) atoms. The van der Waals surface area contributed by atoms with Gasteiger partial charge in [-0.15, -0.1) is 6.58 Å². The van der Waals surface area contributed by atoms with Crippen LogP contribution in [0.15, 0.2) is 43.0 Å². The highest BCUT2D eigenvalue weighted by molar-refractivity contribution is 5.90. The molecule has 0 bridgehead atoms. The maximum absolute atomic E-state index is 14.0. The van der Waals surface area contributed by atoms with Crippen molar-refractivity contribution in [3.63, 3.8) is 0 Å². The van der Waals surface area contributed by atoms with Crippen molar-refractivity contribution < 1.29 is 23.9 Å². The fraction of sp³-hybridized carbons (Fsp3) is 0.717. The van der Waals surface area contributed by atoms with Crippen LogP contribution in [0.2, 0.25) is 0 Å². The molecule has 0 spiro atoms. The van der Waals surface area contributed by atoms with E-state index in [2.05, 4.69) is 70.0 Å². The first-order valence-electron chi connectivity index (χ1n) is 20.7. The summed E-state index contributed by atoms with van der Waals surface area (Å²) in [7, 11) is 2.84. The molecule has 7 heteroatoms. The summed E-state index contributed by atoms with van der Waals surface area (Å²) in [6.45, 7) is 23.9. The van der Waals surface area contributed by atoms with Gasteiger partial charge in [0.25, 0.3) is 0 Å². The first-order chi connectivity index (χ1) is 25.2. The molecule has 0 aliphatic heterocycles. The lowest BCUT2D eigenvalue weighted by molar-refractivity contribution is -0.222. The fourth-order valence-electron chi connectivity index (χ4n) is 12.8. The van der Waals surface area contributed by atoms with Gasteiger partial charge in [-0.2, -0.15) is 0 Å². The molecule has 7 unspecified atom stereocenters. The lowest BCUT2D eigenvalue weighted by Gasteiger charge is -2.72. The normalized spacial score (nSPS) is 34.7. The van der Waals surface area contributed by atoms with E-state index in [0.717, 1.165) is 32.1 Å². The molecule has 4 saturated carbocycles. The Balaban J connectivity index is 0.00000119. The van der Waals surface area contributed by atoms with Gasteiger partial charge >= 0.3 is 11.9 Å². The zero-order valence-electron chi connectivity index (χ0n) is 34.9. The number of rotatable bonds is 9. The highest BCUT2D eigenvalue weighted by atomic mass is 16.5. The molecule has 1 aromatic rings. The number of nitrogens with one attached hydrogen (secondary N) is 2. The Hall–Kier alpha value is -2.93. The molecule has 296 valence electrons. The van der Waals surface area contributed by atoms with Crippen LogP contribution in [0, 0.1) is 50.7 Å². The van der Waals surface area contributed by atoms with E-state index in [4.69, 9.17) is 9.47 Å². The number of fused-ring (bicyclic) bond motifs is 7. The van der Waals surface area contributed by atoms with Crippen molar-refractivity contribution in [1.82, 2.24) is 10.6 Å². The van der Waals surface area contributed by atoms with Crippen molar-refractivity contribution in [3.05, 3.63) is 54.1 Å². The Bertz CT molecular complexity index is 1480. The number of methoxy groups -OCH3 is 2. The topological polar surface area (TPSA) is 93.7 Å². The monoisotopic (exact) mass is 733 g/mol. The number of ether oxygens (including phenoxy) is 2. The SMILES string of the molecule is C=CC.CC.COC(=O)CCNCCNC(=O)C12CCCC1C1CCC3C4(C)CC=C(c5ccc(C(=O)OC)cc5)C(C)(C)C4CCC3(C)[C@]1(C)CC2. The second-order valence-corrected chi connectivity index (χ2v) is 17.7. The molecule has 8 atom stereocenters. The number of benzene rings is 1. The largest absolute Gasteiger partial charge is 0.469 e. The van der Waals surface area contributed by atoms with Crippen molar-refractivity contribution in [3.8, 4) is 0 Å². The lowest BCUT2D eigenvalue weighted by atomic mass is 9.32. The Kier molecular flexibility index (Phi) is 13.9. The van der Waals surface area contributed by atoms with E-state index < -0.39 is 0 Å². The van der Waals surface area contributed by atoms with E-state index in [9.17, 15) is 14.4 Å². The molecular weight excluding hydrogens is 661 g/mol. The maximum Gasteiger partial charge on any atom is 0.337 e. The summed E-state index contributed by atoms with van der Waals surface area (Å²) in [4.78, 5) is 37.5. The smallest absolute Gasteiger partial charge is 0.337 e. The second-order valence-electron chi connectivity index (χ2n) is 17.7. The Morgan fingerprint density at radius 2 is 1.49 bits per heavy atom. The molecule has 5 aliphatic carbocycles. The van der Waals surface area contributed by atoms with Crippen molar-refractivity contribution in [2.45, 2.75) is 126 Å². The summed E-state index contributed by atoms with van der Waals surface area (Å²) >= 11 is 0. The van der Waals surface area contributed by atoms with Crippen LogP contribution < -0.4 is 10.6 Å². The van der Waals surface area contributed by atoms with Crippen LogP contribution in [0.5, 0.6) is 0 Å². The molecule has 2 N–H and O–H groups in total. The van der Waals surface area contributed by atoms with Gasteiger partial charge in [-0.05, 0) is 133 Å². The maximum atomic E-state index is 14.0. The molecule has 1 aromatic carbocycles. The molecule has 0 aromatic heterocycles. The summed E-state index contributed by atoms with van der Waals surface area (Å²) < 4.78 is 9.66. The summed E-state index contributed by atoms with van der Waals surface area (Å²) in [5.41, 5.74) is 3.74. The van der Waals surface area contributed by atoms with Gasteiger partial charge in [0, 0.05) is 19.6 Å². The minimum absolute atomic E-state index is 0.0261. The van der Waals surface area contributed by atoms with Crippen LogP contribution in [0.25, 0.3) is 5.57 Å². The summed E-state index contributed by atoms with van der Waals surface area (Å²) in [5, 5.41) is 6.59. The number of allylic oxidation sites excluding steroid dienone is 3. The van der Waals surface area contributed by atoms with Gasteiger partial charge in [0.05, 0.1) is 31.6 Å². The zero-order chi connectivity index (χ0) is 39.2. The predicted molar refractivity (Wildman–Crippen MR) is 216 cm³/mol. The van der Waals surface area contributed by atoms with Crippen molar-refractivity contribution in [2.24, 2.45) is 50.7 Å². The van der Waals surface area contributed by atoms with Crippen LogP contribution in [0.3, 0.4) is 0 Å². The Labute approximate surface area is 321 Å². The first kappa shape index (κ1) is 42.8. The minimum Gasteiger partial charge on any atom is -0.469 e. The third-order valence-corrected chi connectivity index (χ3v) is 15.3. The van der Waals surface area contributed by atoms with E-state index >= 15 is 0 Å². The molecular formula is C46H72N2O5. The minimum atomic E-state index is -0.291. The zero-order valence-corrected chi connectivity index (χ0v) is 34.9. The van der Waals surface area contributed by atoms with Gasteiger partial charge in [-0.1, -0.05) is 79.2 Å². The van der Waals surface area contributed by atoms with Gasteiger partial charge < -0.3 is 20.1 Å². The highest BCUT2D eigenvalue weighted by Crippen LogP contribution is 2.77. The van der Waals surface area contributed by atoms with E-state index in [1.807, 2.05) is 32.9 Å². The van der Waals surface area contributed by atoms with Gasteiger partial charge in [-0.25, -0.2) is 4.79 Å². The molecule has 0 heterocycles. The van der Waals surface area contributed by atoms with E-state index in [0.29, 0.717) is 55.3 Å². The number of esters is 2. The van der Waals surface area contributed by atoms with E-state index in [1.165, 1.54) is 57.5 Å². The van der Waals surface area contributed by atoms with Gasteiger partial charge in [-0.3, -0.25) is 9.59 Å². The van der Waals surface area contributed by atoms with Crippen molar-refractivity contribution >= 4 is 23.4 Å². The molecule has 5 aliphatic rings. The van der Waals surface area contributed by atoms with Gasteiger partial charge in [0.2, 0.25) is 5.91 Å². The van der Waals surface area contributed by atoms with Crippen LogP contribution in [-0.4, -0.2) is 51.7 Å². The number of carbonyl (C=O) groups is 3. The number of amides is 1. The van der Waals surface area contributed by atoms with Gasteiger partial charge in [0.15, 0.2) is 0 Å². The molecule has 7 nitrogen and oxygen atoms in total. The average molecular weight is 733 g/mol. The van der Waals surface area contributed by atoms with Crippen molar-refractivity contribution in [1.29, 1.82) is 0 Å². The van der Waals surface area contributed by atoms with E-state index in [-0.39, 0.29) is 44.9 Å². The van der Waals surface area contributed by atoms with Crippen LogP contribution in [-0.2, 0) is 19.1 Å². The third kappa shape index (κ3) is 7.54. The molecule has 6 rings (SSSR count).